The smallest absolute Gasteiger partial charge is 0.261 e. The van der Waals surface area contributed by atoms with Crippen LogP contribution in [0.2, 0.25) is 5.02 Å². The van der Waals surface area contributed by atoms with Gasteiger partial charge in [0.2, 0.25) is 0 Å². The summed E-state index contributed by atoms with van der Waals surface area (Å²) in [6, 6.07) is 13.3. The van der Waals surface area contributed by atoms with E-state index in [0.717, 1.165) is 12.0 Å². The first-order chi connectivity index (χ1) is 11.4. The summed E-state index contributed by atoms with van der Waals surface area (Å²) >= 11 is 5.86. The maximum absolute atomic E-state index is 12.5. The highest BCUT2D eigenvalue weighted by Crippen LogP contribution is 2.22. The summed E-state index contributed by atoms with van der Waals surface area (Å²) in [6.45, 7) is 7.96. The van der Waals surface area contributed by atoms with Gasteiger partial charge >= 0.3 is 0 Å². The second-order valence-corrected chi connectivity index (χ2v) is 6.48. The Morgan fingerprint density at radius 2 is 1.83 bits per heavy atom. The number of halogens is 1. The van der Waals surface area contributed by atoms with E-state index < -0.39 is 6.10 Å². The third-order valence-corrected chi connectivity index (χ3v) is 4.27. The maximum atomic E-state index is 12.5. The highest BCUT2D eigenvalue weighted by Gasteiger charge is 2.20. The van der Waals surface area contributed by atoms with E-state index in [0.29, 0.717) is 10.8 Å². The van der Waals surface area contributed by atoms with E-state index in [4.69, 9.17) is 16.3 Å². The van der Waals surface area contributed by atoms with Crippen molar-refractivity contribution >= 4 is 17.5 Å². The number of ether oxygens (including phenoxy) is 1. The van der Waals surface area contributed by atoms with Crippen LogP contribution in [0.3, 0.4) is 0 Å². The summed E-state index contributed by atoms with van der Waals surface area (Å²) in [6.07, 6.45) is 0.245. The number of aryl methyl sites for hydroxylation is 2. The predicted octanol–water partition coefficient (Wildman–Crippen LogP) is 4.99. The van der Waals surface area contributed by atoms with Gasteiger partial charge in [0.1, 0.15) is 5.75 Å². The van der Waals surface area contributed by atoms with Crippen LogP contribution in [0.1, 0.15) is 43.0 Å². The second-order valence-electron chi connectivity index (χ2n) is 6.04. The molecule has 2 rings (SSSR count). The summed E-state index contributed by atoms with van der Waals surface area (Å²) in [5.74, 6) is 0.499. The first kappa shape index (κ1) is 18.3. The molecule has 1 amide bonds. The summed E-state index contributed by atoms with van der Waals surface area (Å²) < 4.78 is 5.69. The van der Waals surface area contributed by atoms with Crippen LogP contribution in [0.4, 0.5) is 0 Å². The van der Waals surface area contributed by atoms with E-state index in [9.17, 15) is 4.79 Å². The summed E-state index contributed by atoms with van der Waals surface area (Å²) in [5, 5.41) is 3.72. The molecule has 0 unspecified atom stereocenters. The molecule has 0 saturated heterocycles. The van der Waals surface area contributed by atoms with Crippen molar-refractivity contribution in [1.29, 1.82) is 0 Å². The van der Waals surface area contributed by atoms with E-state index in [-0.39, 0.29) is 11.9 Å². The molecular weight excluding hydrogens is 322 g/mol. The number of hydrogen-bond acceptors (Lipinski definition) is 2. The Kier molecular flexibility index (Phi) is 6.27. The standard InChI is InChI=1S/C20H24ClNO2/c1-5-19(18-11-6-13(2)12-14(18)3)22-20(23)15(4)24-17-9-7-16(21)8-10-17/h6-12,15,19H,5H2,1-4H3,(H,22,23)/t15-,19-/m0/s1. The normalized spacial score (nSPS) is 13.2. The minimum Gasteiger partial charge on any atom is -0.481 e. The zero-order chi connectivity index (χ0) is 17.7. The average Bonchev–Trinajstić information content (AvgIpc) is 2.55. The first-order valence-electron chi connectivity index (χ1n) is 8.20. The topological polar surface area (TPSA) is 38.3 Å². The Bertz CT molecular complexity index is 697. The molecule has 0 heterocycles. The number of hydrogen-bond donors (Lipinski definition) is 1. The largest absolute Gasteiger partial charge is 0.481 e. The number of nitrogens with one attached hydrogen (secondary N) is 1. The molecule has 0 radical (unpaired) electrons. The molecule has 0 aliphatic heterocycles. The third-order valence-electron chi connectivity index (χ3n) is 4.02. The fraction of sp³-hybridized carbons (Fsp3) is 0.350. The Labute approximate surface area is 149 Å². The van der Waals surface area contributed by atoms with Crippen LogP contribution in [-0.4, -0.2) is 12.0 Å². The average molecular weight is 346 g/mol. The fourth-order valence-corrected chi connectivity index (χ4v) is 2.80. The fourth-order valence-electron chi connectivity index (χ4n) is 2.68. The molecule has 0 fully saturated rings. The molecule has 0 aromatic heterocycles. The van der Waals surface area contributed by atoms with Crippen molar-refractivity contribution in [2.45, 2.75) is 46.3 Å². The van der Waals surface area contributed by atoms with E-state index in [1.807, 2.05) is 0 Å². The van der Waals surface area contributed by atoms with Crippen molar-refractivity contribution in [3.8, 4) is 5.75 Å². The predicted molar refractivity (Wildman–Crippen MR) is 98.6 cm³/mol. The van der Waals surface area contributed by atoms with Gasteiger partial charge in [-0.15, -0.1) is 0 Å². The lowest BCUT2D eigenvalue weighted by Gasteiger charge is -2.22. The van der Waals surface area contributed by atoms with E-state index in [1.165, 1.54) is 11.1 Å². The maximum Gasteiger partial charge on any atom is 0.261 e. The van der Waals surface area contributed by atoms with Crippen molar-refractivity contribution in [2.75, 3.05) is 0 Å². The molecule has 3 nitrogen and oxygen atoms in total. The SMILES string of the molecule is CC[C@H](NC(=O)[C@H](C)Oc1ccc(Cl)cc1)c1ccc(C)cc1C. The molecular formula is C20H24ClNO2. The van der Waals surface area contributed by atoms with Crippen LogP contribution >= 0.6 is 11.6 Å². The molecule has 0 aliphatic rings. The molecule has 2 aromatic carbocycles. The van der Waals surface area contributed by atoms with Crippen LogP contribution in [0, 0.1) is 13.8 Å². The van der Waals surface area contributed by atoms with Crippen LogP contribution < -0.4 is 10.1 Å². The molecule has 0 spiro atoms. The molecule has 128 valence electrons. The van der Waals surface area contributed by atoms with Gasteiger partial charge in [-0.2, -0.15) is 0 Å². The van der Waals surface area contributed by atoms with Crippen molar-refractivity contribution in [3.63, 3.8) is 0 Å². The molecule has 24 heavy (non-hydrogen) atoms. The highest BCUT2D eigenvalue weighted by atomic mass is 35.5. The van der Waals surface area contributed by atoms with Gasteiger partial charge in [-0.1, -0.05) is 42.3 Å². The number of benzene rings is 2. The van der Waals surface area contributed by atoms with Crippen LogP contribution in [-0.2, 0) is 4.79 Å². The quantitative estimate of drug-likeness (QED) is 0.800. The number of rotatable bonds is 6. The minimum absolute atomic E-state index is 0.0191. The van der Waals surface area contributed by atoms with Gasteiger partial charge < -0.3 is 10.1 Å². The van der Waals surface area contributed by atoms with E-state index in [2.05, 4.69) is 44.3 Å². The zero-order valence-electron chi connectivity index (χ0n) is 14.6. The van der Waals surface area contributed by atoms with Crippen molar-refractivity contribution in [3.05, 3.63) is 64.2 Å². The van der Waals surface area contributed by atoms with Crippen molar-refractivity contribution in [1.82, 2.24) is 5.32 Å². The zero-order valence-corrected chi connectivity index (χ0v) is 15.4. The Balaban J connectivity index is 2.04. The lowest BCUT2D eigenvalue weighted by Crippen LogP contribution is -2.38. The third kappa shape index (κ3) is 4.75. The number of carbonyl (C=O) groups is 1. The molecule has 2 aromatic rings. The van der Waals surface area contributed by atoms with Gasteiger partial charge in [0.05, 0.1) is 6.04 Å². The van der Waals surface area contributed by atoms with Crippen LogP contribution in [0.25, 0.3) is 0 Å². The Morgan fingerprint density at radius 1 is 1.17 bits per heavy atom. The monoisotopic (exact) mass is 345 g/mol. The molecule has 4 heteroatoms. The van der Waals surface area contributed by atoms with Crippen molar-refractivity contribution < 1.29 is 9.53 Å². The molecule has 0 saturated carbocycles. The van der Waals surface area contributed by atoms with E-state index in [1.54, 1.807) is 31.2 Å². The van der Waals surface area contributed by atoms with Gasteiger partial charge in [-0.05, 0) is 62.6 Å². The molecule has 1 N–H and O–H groups in total. The summed E-state index contributed by atoms with van der Waals surface area (Å²) in [4.78, 5) is 12.5. The molecule has 0 aliphatic carbocycles. The first-order valence-corrected chi connectivity index (χ1v) is 8.58. The van der Waals surface area contributed by atoms with Gasteiger partial charge in [0.25, 0.3) is 5.91 Å². The number of carbonyl (C=O) groups excluding carboxylic acids is 1. The lowest BCUT2D eigenvalue weighted by atomic mass is 9.97. The Hall–Kier alpha value is -2.00. The minimum atomic E-state index is -0.578. The number of amides is 1. The molecule has 0 bridgehead atoms. The van der Waals surface area contributed by atoms with Crippen LogP contribution in [0.15, 0.2) is 42.5 Å². The van der Waals surface area contributed by atoms with Gasteiger partial charge in [0, 0.05) is 5.02 Å². The highest BCUT2D eigenvalue weighted by molar-refractivity contribution is 6.30. The van der Waals surface area contributed by atoms with Crippen molar-refractivity contribution in [2.24, 2.45) is 0 Å². The van der Waals surface area contributed by atoms with Crippen LogP contribution in [0.5, 0.6) is 5.75 Å². The summed E-state index contributed by atoms with van der Waals surface area (Å²) in [7, 11) is 0. The second kappa shape index (κ2) is 8.20. The van der Waals surface area contributed by atoms with Gasteiger partial charge in [0.15, 0.2) is 6.10 Å². The lowest BCUT2D eigenvalue weighted by molar-refractivity contribution is -0.128. The van der Waals surface area contributed by atoms with Gasteiger partial charge in [-0.3, -0.25) is 4.79 Å². The summed E-state index contributed by atoms with van der Waals surface area (Å²) in [5.41, 5.74) is 3.56. The Morgan fingerprint density at radius 3 is 2.42 bits per heavy atom. The van der Waals surface area contributed by atoms with E-state index >= 15 is 0 Å². The molecule has 2 atom stereocenters. The van der Waals surface area contributed by atoms with Gasteiger partial charge in [-0.25, -0.2) is 0 Å².